The molecule has 2 saturated heterocycles. The molecule has 3 heterocycles. The van der Waals surface area contributed by atoms with Crippen LogP contribution >= 0.6 is 0 Å². The normalized spacial score (nSPS) is 23.2. The van der Waals surface area contributed by atoms with E-state index in [1.165, 1.54) is 25.7 Å². The zero-order chi connectivity index (χ0) is 23.5. The van der Waals surface area contributed by atoms with Crippen LogP contribution in [-0.2, 0) is 14.8 Å². The topological polar surface area (TPSA) is 82.6 Å². The van der Waals surface area contributed by atoms with Gasteiger partial charge in [0, 0.05) is 37.6 Å². The van der Waals surface area contributed by atoms with Gasteiger partial charge in [0.05, 0.1) is 16.3 Å². The Kier molecular flexibility index (Phi) is 7.06. The number of rotatable bonds is 5. The number of sulfonamides is 1. The van der Waals surface area contributed by atoms with Gasteiger partial charge in [-0.15, -0.1) is 0 Å². The van der Waals surface area contributed by atoms with Gasteiger partial charge in [-0.3, -0.25) is 4.79 Å². The van der Waals surface area contributed by atoms with Crippen LogP contribution in [0.4, 0.5) is 5.82 Å². The average molecular weight is 485 g/mol. The third kappa shape index (κ3) is 5.08. The van der Waals surface area contributed by atoms with E-state index in [0.717, 1.165) is 61.8 Å². The second-order valence-electron chi connectivity index (χ2n) is 10.1. The summed E-state index contributed by atoms with van der Waals surface area (Å²) in [5.74, 6) is 1.03. The standard InChI is InChI=1S/C26H36N4O3S/c31-26(27-22-9-3-1-2-4-10-22)21-8-7-15-29(19-21)25-14-11-20-18-23(12-13-24(20)28-25)34(32,33)30-16-5-6-17-30/h11-14,18,21-22H,1-10,15-17,19H2,(H,27,31)/t21-/m0/s1. The van der Waals surface area contributed by atoms with Crippen molar-refractivity contribution in [3.8, 4) is 0 Å². The van der Waals surface area contributed by atoms with Gasteiger partial charge in [-0.25, -0.2) is 13.4 Å². The van der Waals surface area contributed by atoms with Crippen LogP contribution in [0.15, 0.2) is 35.2 Å². The predicted molar refractivity (Wildman–Crippen MR) is 134 cm³/mol. The van der Waals surface area contributed by atoms with E-state index in [9.17, 15) is 13.2 Å². The molecular weight excluding hydrogens is 448 g/mol. The molecule has 1 N–H and O–H groups in total. The lowest BCUT2D eigenvalue weighted by Gasteiger charge is -2.33. The minimum absolute atomic E-state index is 0.0116. The van der Waals surface area contributed by atoms with Gasteiger partial charge in [0.15, 0.2) is 0 Å². The molecule has 1 aromatic heterocycles. The van der Waals surface area contributed by atoms with E-state index in [-0.39, 0.29) is 11.8 Å². The summed E-state index contributed by atoms with van der Waals surface area (Å²) in [6, 6.07) is 9.46. The Balaban J connectivity index is 1.28. The van der Waals surface area contributed by atoms with Gasteiger partial charge in [-0.05, 0) is 68.9 Å². The Labute approximate surface area is 203 Å². The first-order valence-electron chi connectivity index (χ1n) is 13.0. The Morgan fingerprint density at radius 3 is 2.41 bits per heavy atom. The molecule has 7 nitrogen and oxygen atoms in total. The number of fused-ring (bicyclic) bond motifs is 1. The maximum Gasteiger partial charge on any atom is 0.243 e. The molecule has 184 valence electrons. The molecule has 2 aromatic rings. The van der Waals surface area contributed by atoms with Crippen LogP contribution in [-0.4, -0.2) is 55.8 Å². The lowest BCUT2D eigenvalue weighted by Crippen LogP contribution is -2.46. The summed E-state index contributed by atoms with van der Waals surface area (Å²) >= 11 is 0. The third-order valence-electron chi connectivity index (χ3n) is 7.67. The number of hydrogen-bond donors (Lipinski definition) is 1. The number of piperidine rings is 1. The number of nitrogens with zero attached hydrogens (tertiary/aromatic N) is 3. The molecule has 1 saturated carbocycles. The van der Waals surface area contributed by atoms with E-state index < -0.39 is 10.0 Å². The molecule has 5 rings (SSSR count). The van der Waals surface area contributed by atoms with Crippen LogP contribution in [0.3, 0.4) is 0 Å². The highest BCUT2D eigenvalue weighted by molar-refractivity contribution is 7.89. The molecule has 1 aromatic carbocycles. The van der Waals surface area contributed by atoms with E-state index in [2.05, 4.69) is 10.2 Å². The Bertz CT molecular complexity index is 1120. The summed E-state index contributed by atoms with van der Waals surface area (Å²) < 4.78 is 27.4. The summed E-state index contributed by atoms with van der Waals surface area (Å²) in [6.45, 7) is 2.76. The van der Waals surface area contributed by atoms with Crippen LogP contribution in [0, 0.1) is 5.92 Å². The lowest BCUT2D eigenvalue weighted by atomic mass is 9.96. The average Bonchev–Trinajstić information content (AvgIpc) is 3.30. The quantitative estimate of drug-likeness (QED) is 0.647. The van der Waals surface area contributed by atoms with Crippen LogP contribution < -0.4 is 10.2 Å². The first kappa shape index (κ1) is 23.5. The van der Waals surface area contributed by atoms with Crippen LogP contribution in [0.2, 0.25) is 0 Å². The van der Waals surface area contributed by atoms with Crippen LogP contribution in [0.5, 0.6) is 0 Å². The molecule has 0 radical (unpaired) electrons. The van der Waals surface area contributed by atoms with Crippen LogP contribution in [0.1, 0.15) is 64.2 Å². The first-order chi connectivity index (χ1) is 16.5. The molecule has 1 atom stereocenters. The maximum atomic E-state index is 13.0. The van der Waals surface area contributed by atoms with E-state index in [4.69, 9.17) is 4.98 Å². The minimum atomic E-state index is -3.44. The van der Waals surface area contributed by atoms with Gasteiger partial charge in [-0.1, -0.05) is 25.7 Å². The first-order valence-corrected chi connectivity index (χ1v) is 14.4. The van der Waals surface area contributed by atoms with E-state index in [1.807, 2.05) is 18.2 Å². The van der Waals surface area contributed by atoms with E-state index in [1.54, 1.807) is 16.4 Å². The number of hydrogen-bond acceptors (Lipinski definition) is 5. The van der Waals surface area contributed by atoms with Gasteiger partial charge in [0.25, 0.3) is 0 Å². The number of carbonyl (C=O) groups excluding carboxylic acids is 1. The largest absolute Gasteiger partial charge is 0.356 e. The number of anilines is 1. The number of pyridine rings is 1. The second-order valence-corrected chi connectivity index (χ2v) is 12.1. The van der Waals surface area contributed by atoms with E-state index in [0.29, 0.717) is 30.6 Å². The van der Waals surface area contributed by atoms with Gasteiger partial charge in [0.2, 0.25) is 15.9 Å². The molecule has 3 fully saturated rings. The van der Waals surface area contributed by atoms with Crippen molar-refractivity contribution in [3.05, 3.63) is 30.3 Å². The molecule has 0 spiro atoms. The highest BCUT2D eigenvalue weighted by Crippen LogP contribution is 2.28. The summed E-state index contributed by atoms with van der Waals surface area (Å²) in [7, 11) is -3.44. The molecule has 34 heavy (non-hydrogen) atoms. The van der Waals surface area contributed by atoms with Crippen molar-refractivity contribution in [1.82, 2.24) is 14.6 Å². The minimum Gasteiger partial charge on any atom is -0.356 e. The molecule has 0 bridgehead atoms. The molecule has 0 unspecified atom stereocenters. The molecule has 1 aliphatic carbocycles. The maximum absolute atomic E-state index is 13.0. The summed E-state index contributed by atoms with van der Waals surface area (Å²) in [4.78, 5) is 20.4. The van der Waals surface area contributed by atoms with Gasteiger partial charge in [-0.2, -0.15) is 4.31 Å². The SMILES string of the molecule is O=C(NC1CCCCCC1)[C@H]1CCCN(c2ccc3cc(S(=O)(=O)N4CCCC4)ccc3n2)C1. The van der Waals surface area contributed by atoms with Crippen molar-refractivity contribution in [2.75, 3.05) is 31.1 Å². The highest BCUT2D eigenvalue weighted by Gasteiger charge is 2.29. The number of carbonyl (C=O) groups is 1. The number of benzene rings is 1. The molecule has 2 aliphatic heterocycles. The molecular formula is C26H36N4O3S. The fourth-order valence-corrected chi connectivity index (χ4v) is 7.20. The van der Waals surface area contributed by atoms with Gasteiger partial charge >= 0.3 is 0 Å². The van der Waals surface area contributed by atoms with Gasteiger partial charge in [0.1, 0.15) is 5.82 Å². The zero-order valence-corrected chi connectivity index (χ0v) is 20.7. The number of amides is 1. The van der Waals surface area contributed by atoms with Crippen molar-refractivity contribution < 1.29 is 13.2 Å². The fraction of sp³-hybridized carbons (Fsp3) is 0.615. The molecule has 1 amide bonds. The Hall–Kier alpha value is -2.19. The second kappa shape index (κ2) is 10.2. The Morgan fingerprint density at radius 1 is 0.882 bits per heavy atom. The van der Waals surface area contributed by atoms with Gasteiger partial charge < -0.3 is 10.2 Å². The number of aromatic nitrogens is 1. The summed E-state index contributed by atoms with van der Waals surface area (Å²) in [6.07, 6.45) is 10.9. The smallest absolute Gasteiger partial charge is 0.243 e. The fourth-order valence-electron chi connectivity index (χ4n) is 5.65. The van der Waals surface area contributed by atoms with Crippen molar-refractivity contribution >= 4 is 32.7 Å². The Morgan fingerprint density at radius 2 is 1.65 bits per heavy atom. The highest BCUT2D eigenvalue weighted by atomic mass is 32.2. The number of nitrogens with one attached hydrogen (secondary N) is 1. The van der Waals surface area contributed by atoms with Crippen molar-refractivity contribution in [3.63, 3.8) is 0 Å². The summed E-state index contributed by atoms with van der Waals surface area (Å²) in [5, 5.41) is 4.15. The molecule has 3 aliphatic rings. The monoisotopic (exact) mass is 484 g/mol. The van der Waals surface area contributed by atoms with Crippen LogP contribution in [0.25, 0.3) is 10.9 Å². The van der Waals surface area contributed by atoms with E-state index >= 15 is 0 Å². The summed E-state index contributed by atoms with van der Waals surface area (Å²) in [5.41, 5.74) is 0.780. The zero-order valence-electron chi connectivity index (χ0n) is 19.9. The van der Waals surface area contributed by atoms with Crippen molar-refractivity contribution in [2.24, 2.45) is 5.92 Å². The van der Waals surface area contributed by atoms with Crippen molar-refractivity contribution in [2.45, 2.75) is 75.1 Å². The third-order valence-corrected chi connectivity index (χ3v) is 9.56. The molecule has 8 heteroatoms. The van der Waals surface area contributed by atoms with Crippen molar-refractivity contribution in [1.29, 1.82) is 0 Å². The lowest BCUT2D eigenvalue weighted by molar-refractivity contribution is -0.126. The predicted octanol–water partition coefficient (Wildman–Crippen LogP) is 4.07.